The Morgan fingerprint density at radius 2 is 2.47 bits per heavy atom. The van der Waals surface area contributed by atoms with Gasteiger partial charge in [0.15, 0.2) is 5.13 Å². The average molecular weight is 225 g/mol. The van der Waals surface area contributed by atoms with Crippen LogP contribution in [0.1, 0.15) is 25.5 Å². The van der Waals surface area contributed by atoms with E-state index in [0.717, 1.165) is 30.1 Å². The summed E-state index contributed by atoms with van der Waals surface area (Å²) in [6.07, 6.45) is 3.19. The van der Waals surface area contributed by atoms with Gasteiger partial charge in [0.1, 0.15) is 0 Å². The molecule has 2 rings (SSSR count). The van der Waals surface area contributed by atoms with E-state index in [9.17, 15) is 4.79 Å². The van der Waals surface area contributed by atoms with Crippen LogP contribution < -0.4 is 10.6 Å². The van der Waals surface area contributed by atoms with Crippen molar-refractivity contribution in [1.82, 2.24) is 10.3 Å². The molecule has 1 aliphatic rings. The Hall–Kier alpha value is -1.10. The van der Waals surface area contributed by atoms with Gasteiger partial charge in [-0.1, -0.05) is 6.92 Å². The number of thiazole rings is 1. The van der Waals surface area contributed by atoms with Gasteiger partial charge in [-0.05, 0) is 19.3 Å². The van der Waals surface area contributed by atoms with Crippen molar-refractivity contribution in [2.75, 3.05) is 11.9 Å². The summed E-state index contributed by atoms with van der Waals surface area (Å²) in [5.74, 6) is 0.0609. The van der Waals surface area contributed by atoms with E-state index in [2.05, 4.69) is 22.5 Å². The van der Waals surface area contributed by atoms with Gasteiger partial charge in [-0.25, -0.2) is 4.98 Å². The summed E-state index contributed by atoms with van der Waals surface area (Å²) in [7, 11) is 0. The first-order valence-corrected chi connectivity index (χ1v) is 6.13. The van der Waals surface area contributed by atoms with E-state index in [1.807, 2.05) is 5.38 Å². The number of amides is 1. The van der Waals surface area contributed by atoms with Crippen LogP contribution in [-0.4, -0.2) is 23.5 Å². The Bertz CT molecular complexity index is 346. The summed E-state index contributed by atoms with van der Waals surface area (Å²) in [6, 6.07) is 0.432. The zero-order chi connectivity index (χ0) is 10.7. The van der Waals surface area contributed by atoms with Crippen molar-refractivity contribution in [3.63, 3.8) is 0 Å². The van der Waals surface area contributed by atoms with Crippen molar-refractivity contribution >= 4 is 22.4 Å². The number of anilines is 1. The molecule has 0 unspecified atom stereocenters. The summed E-state index contributed by atoms with van der Waals surface area (Å²) in [4.78, 5) is 15.7. The van der Waals surface area contributed by atoms with Crippen molar-refractivity contribution in [3.8, 4) is 0 Å². The van der Waals surface area contributed by atoms with Gasteiger partial charge < -0.3 is 10.6 Å². The Balaban J connectivity index is 1.73. The largest absolute Gasteiger partial charge is 0.352 e. The van der Waals surface area contributed by atoms with Crippen LogP contribution in [0.3, 0.4) is 0 Å². The third-order valence-electron chi connectivity index (χ3n) is 2.26. The van der Waals surface area contributed by atoms with Gasteiger partial charge in [-0.2, -0.15) is 0 Å². The number of hydrogen-bond donors (Lipinski definition) is 2. The molecular weight excluding hydrogens is 210 g/mol. The van der Waals surface area contributed by atoms with Crippen molar-refractivity contribution in [1.29, 1.82) is 0 Å². The van der Waals surface area contributed by atoms with E-state index in [-0.39, 0.29) is 5.91 Å². The lowest BCUT2D eigenvalue weighted by Gasteiger charge is -2.03. The molecule has 0 radical (unpaired) electrons. The van der Waals surface area contributed by atoms with E-state index in [1.54, 1.807) is 11.3 Å². The molecule has 1 fully saturated rings. The van der Waals surface area contributed by atoms with E-state index in [4.69, 9.17) is 0 Å². The molecule has 1 heterocycles. The van der Waals surface area contributed by atoms with E-state index in [0.29, 0.717) is 12.6 Å². The molecule has 4 nitrogen and oxygen atoms in total. The topological polar surface area (TPSA) is 54.0 Å². The quantitative estimate of drug-likeness (QED) is 0.796. The lowest BCUT2D eigenvalue weighted by Crippen LogP contribution is -2.31. The number of carbonyl (C=O) groups is 1. The number of nitrogens with zero attached hydrogens (tertiary/aromatic N) is 1. The van der Waals surface area contributed by atoms with Crippen LogP contribution in [0.5, 0.6) is 0 Å². The molecule has 0 saturated heterocycles. The molecule has 82 valence electrons. The Labute approximate surface area is 93.1 Å². The lowest BCUT2D eigenvalue weighted by molar-refractivity contribution is -0.119. The maximum absolute atomic E-state index is 11.3. The molecule has 1 aromatic rings. The predicted molar refractivity (Wildman–Crippen MR) is 61.1 cm³/mol. The molecule has 0 aliphatic heterocycles. The lowest BCUT2D eigenvalue weighted by atomic mass is 10.4. The second kappa shape index (κ2) is 4.61. The summed E-state index contributed by atoms with van der Waals surface area (Å²) in [6.45, 7) is 2.39. The highest BCUT2D eigenvalue weighted by molar-refractivity contribution is 7.13. The normalized spacial score (nSPS) is 15.0. The molecule has 5 heteroatoms. The van der Waals surface area contributed by atoms with Crippen molar-refractivity contribution in [2.45, 2.75) is 32.2 Å². The number of hydrogen-bond acceptors (Lipinski definition) is 4. The highest BCUT2D eigenvalue weighted by Gasteiger charge is 2.22. The molecule has 1 aromatic heterocycles. The Morgan fingerprint density at radius 1 is 1.67 bits per heavy atom. The molecular formula is C10H15N3OS. The smallest absolute Gasteiger partial charge is 0.239 e. The van der Waals surface area contributed by atoms with Gasteiger partial charge in [0.2, 0.25) is 5.91 Å². The second-order valence-electron chi connectivity index (χ2n) is 3.69. The maximum atomic E-state index is 11.3. The number of aryl methyl sites for hydroxylation is 1. The van der Waals surface area contributed by atoms with Crippen molar-refractivity contribution < 1.29 is 4.79 Å². The minimum atomic E-state index is 0.0609. The summed E-state index contributed by atoms with van der Waals surface area (Å²) < 4.78 is 0. The second-order valence-corrected chi connectivity index (χ2v) is 4.55. The molecule has 0 atom stereocenters. The van der Waals surface area contributed by atoms with Gasteiger partial charge in [0.05, 0.1) is 12.2 Å². The van der Waals surface area contributed by atoms with Gasteiger partial charge in [0, 0.05) is 11.4 Å². The molecule has 1 saturated carbocycles. The van der Waals surface area contributed by atoms with Crippen LogP contribution in [0, 0.1) is 0 Å². The van der Waals surface area contributed by atoms with Crippen LogP contribution in [0.2, 0.25) is 0 Å². The molecule has 15 heavy (non-hydrogen) atoms. The van der Waals surface area contributed by atoms with Crippen LogP contribution in [0.25, 0.3) is 0 Å². The average Bonchev–Trinajstić information content (AvgIpc) is 2.92. The predicted octanol–water partition coefficient (Wildman–Crippen LogP) is 1.40. The summed E-state index contributed by atoms with van der Waals surface area (Å²) in [5, 5.41) is 8.79. The SMILES string of the molecule is CCc1csc(NCC(=O)NC2CC2)n1. The fraction of sp³-hybridized carbons (Fsp3) is 0.600. The number of rotatable bonds is 5. The number of aromatic nitrogens is 1. The van der Waals surface area contributed by atoms with Crippen LogP contribution >= 0.6 is 11.3 Å². The minimum Gasteiger partial charge on any atom is -0.352 e. The maximum Gasteiger partial charge on any atom is 0.239 e. The number of nitrogens with one attached hydrogen (secondary N) is 2. The third kappa shape index (κ3) is 3.20. The van der Waals surface area contributed by atoms with Crippen LogP contribution in [-0.2, 0) is 11.2 Å². The number of carbonyl (C=O) groups excluding carboxylic acids is 1. The van der Waals surface area contributed by atoms with E-state index >= 15 is 0 Å². The molecule has 0 aromatic carbocycles. The summed E-state index contributed by atoms with van der Waals surface area (Å²) >= 11 is 1.55. The monoisotopic (exact) mass is 225 g/mol. The molecule has 2 N–H and O–H groups in total. The van der Waals surface area contributed by atoms with Crippen molar-refractivity contribution in [3.05, 3.63) is 11.1 Å². The zero-order valence-electron chi connectivity index (χ0n) is 8.75. The standard InChI is InChI=1S/C10H15N3OS/c1-2-7-6-15-10(13-7)11-5-9(14)12-8-3-4-8/h6,8H,2-5H2,1H3,(H,11,13)(H,12,14). The zero-order valence-corrected chi connectivity index (χ0v) is 9.56. The highest BCUT2D eigenvalue weighted by Crippen LogP contribution is 2.18. The van der Waals surface area contributed by atoms with Crippen molar-refractivity contribution in [2.24, 2.45) is 0 Å². The highest BCUT2D eigenvalue weighted by atomic mass is 32.1. The first-order chi connectivity index (χ1) is 7.28. The third-order valence-corrected chi connectivity index (χ3v) is 3.11. The van der Waals surface area contributed by atoms with E-state index < -0.39 is 0 Å². The molecule has 0 bridgehead atoms. The van der Waals surface area contributed by atoms with Gasteiger partial charge in [-0.3, -0.25) is 4.79 Å². The van der Waals surface area contributed by atoms with Gasteiger partial charge in [-0.15, -0.1) is 11.3 Å². The first-order valence-electron chi connectivity index (χ1n) is 5.25. The Kier molecular flexibility index (Phi) is 3.20. The Morgan fingerprint density at radius 3 is 3.07 bits per heavy atom. The minimum absolute atomic E-state index is 0.0609. The fourth-order valence-corrected chi connectivity index (χ4v) is 2.01. The van der Waals surface area contributed by atoms with Crippen LogP contribution in [0.15, 0.2) is 5.38 Å². The van der Waals surface area contributed by atoms with E-state index in [1.165, 1.54) is 0 Å². The van der Waals surface area contributed by atoms with Gasteiger partial charge >= 0.3 is 0 Å². The first kappa shape index (κ1) is 10.4. The summed E-state index contributed by atoms with van der Waals surface area (Å²) in [5.41, 5.74) is 1.07. The van der Waals surface area contributed by atoms with Gasteiger partial charge in [0.25, 0.3) is 0 Å². The molecule has 1 amide bonds. The van der Waals surface area contributed by atoms with Crippen LogP contribution in [0.4, 0.5) is 5.13 Å². The molecule has 0 spiro atoms. The fourth-order valence-electron chi connectivity index (χ4n) is 1.21. The molecule has 1 aliphatic carbocycles.